The molecule has 0 bridgehead atoms. The van der Waals surface area contributed by atoms with E-state index in [2.05, 4.69) is 5.32 Å². The molecule has 0 aliphatic carbocycles. The Balaban J connectivity index is -0.000000124. The van der Waals surface area contributed by atoms with Gasteiger partial charge in [0.1, 0.15) is 0 Å². The van der Waals surface area contributed by atoms with E-state index in [1.54, 1.807) is 0 Å². The zero-order chi connectivity index (χ0) is 7.82. The van der Waals surface area contributed by atoms with E-state index in [-0.39, 0.29) is 56.9 Å². The number of piperidine rings is 1. The van der Waals surface area contributed by atoms with Crippen LogP contribution >= 0.6 is 0 Å². The van der Waals surface area contributed by atoms with Crippen LogP contribution in [0.15, 0.2) is 0 Å². The summed E-state index contributed by atoms with van der Waals surface area (Å²) in [6.07, 6.45) is 4.22. The molecule has 0 atom stereocenters. The Bertz CT molecular complexity index is 81.1. The van der Waals surface area contributed by atoms with Gasteiger partial charge in [0.2, 0.25) is 0 Å². The smallest absolute Gasteiger partial charge is 0.550 e. The fourth-order valence-corrected chi connectivity index (χ4v) is 0.802. The second-order valence-corrected chi connectivity index (χ2v) is 2.30. The van der Waals surface area contributed by atoms with Crippen molar-refractivity contribution >= 4 is 5.97 Å². The molecule has 0 aromatic heterocycles. The number of carbonyl (C=O) groups excluding carboxylic acids is 1. The molecule has 3 N–H and O–H groups in total. The van der Waals surface area contributed by atoms with E-state index in [1.807, 2.05) is 0 Å². The number of carbonyl (C=O) groups is 1. The Morgan fingerprint density at radius 3 is 1.67 bits per heavy atom. The molecule has 0 saturated carbocycles. The molecular weight excluding hydrogens is 185 g/mol. The van der Waals surface area contributed by atoms with Gasteiger partial charge in [-0.15, -0.1) is 0 Å². The van der Waals surface area contributed by atoms with Crippen LogP contribution in [0, 0.1) is 0 Å². The van der Waals surface area contributed by atoms with E-state index in [1.165, 1.54) is 32.4 Å². The molecule has 0 radical (unpaired) electrons. The summed E-state index contributed by atoms with van der Waals surface area (Å²) in [6.45, 7) is 3.47. The molecule has 0 aromatic carbocycles. The minimum absolute atomic E-state index is 0. The Hall–Kier alpha value is 1.03. The van der Waals surface area contributed by atoms with E-state index < -0.39 is 5.97 Å². The zero-order valence-corrected chi connectivity index (χ0v) is 11.0. The van der Waals surface area contributed by atoms with Gasteiger partial charge in [0, 0.05) is 5.97 Å². The number of nitrogens with one attached hydrogen (secondary N) is 1. The second-order valence-electron chi connectivity index (χ2n) is 2.30. The molecule has 0 spiro atoms. The van der Waals surface area contributed by atoms with Gasteiger partial charge in [-0.1, -0.05) is 6.42 Å². The van der Waals surface area contributed by atoms with Crippen molar-refractivity contribution in [1.29, 1.82) is 0 Å². The summed E-state index contributed by atoms with van der Waals surface area (Å²) in [5, 5.41) is 12.2. The van der Waals surface area contributed by atoms with Crippen molar-refractivity contribution in [3.05, 3.63) is 0 Å². The minimum Gasteiger partial charge on any atom is -0.550 e. The zero-order valence-electron chi connectivity index (χ0n) is 7.85. The van der Waals surface area contributed by atoms with Gasteiger partial charge >= 0.3 is 51.4 Å². The van der Waals surface area contributed by atoms with Crippen molar-refractivity contribution in [1.82, 2.24) is 5.32 Å². The van der Waals surface area contributed by atoms with Crippen LogP contribution in [0.1, 0.15) is 26.2 Å². The first kappa shape index (κ1) is 18.7. The van der Waals surface area contributed by atoms with Crippen molar-refractivity contribution in [2.24, 2.45) is 0 Å². The molecule has 1 saturated heterocycles. The maximum atomic E-state index is 8.89. The van der Waals surface area contributed by atoms with Gasteiger partial charge in [0.15, 0.2) is 0 Å². The second kappa shape index (κ2) is 14.5. The van der Waals surface area contributed by atoms with Crippen molar-refractivity contribution < 1.29 is 66.8 Å². The molecule has 4 nitrogen and oxygen atoms in total. The fourth-order valence-electron chi connectivity index (χ4n) is 0.802. The van der Waals surface area contributed by atoms with Crippen molar-refractivity contribution in [3.63, 3.8) is 0 Å². The normalized spacial score (nSPS) is 14.1. The maximum Gasteiger partial charge on any atom is 1.00 e. The van der Waals surface area contributed by atoms with Crippen LogP contribution in [-0.4, -0.2) is 24.5 Å². The van der Waals surface area contributed by atoms with E-state index in [4.69, 9.17) is 9.90 Å². The van der Waals surface area contributed by atoms with Gasteiger partial charge in [-0.25, -0.2) is 0 Å². The van der Waals surface area contributed by atoms with Gasteiger partial charge in [-0.2, -0.15) is 0 Å². The van der Waals surface area contributed by atoms with Crippen LogP contribution in [0.2, 0.25) is 0 Å². The quantitative estimate of drug-likeness (QED) is 0.402. The van der Waals surface area contributed by atoms with Crippen LogP contribution < -0.4 is 61.8 Å². The first-order chi connectivity index (χ1) is 4.73. The first-order valence-electron chi connectivity index (χ1n) is 3.62. The molecule has 1 heterocycles. The summed E-state index contributed by atoms with van der Waals surface area (Å²) in [5.74, 6) is -1.08. The summed E-state index contributed by atoms with van der Waals surface area (Å²) in [6, 6.07) is 0. The molecule has 68 valence electrons. The molecule has 1 aliphatic heterocycles. The van der Waals surface area contributed by atoms with Gasteiger partial charge in [-0.05, 0) is 32.9 Å². The third-order valence-electron chi connectivity index (χ3n) is 1.21. The number of hydrogen-bond acceptors (Lipinski definition) is 3. The molecule has 5 heteroatoms. The molecular formula is C7H16KNO3. The Kier molecular flexibility index (Phi) is 22.7. The average Bonchev–Trinajstić information content (AvgIpc) is 1.90. The molecule has 0 amide bonds. The van der Waals surface area contributed by atoms with Crippen molar-refractivity contribution in [2.45, 2.75) is 26.2 Å². The summed E-state index contributed by atoms with van der Waals surface area (Å²) < 4.78 is 0. The Morgan fingerprint density at radius 2 is 1.58 bits per heavy atom. The number of carboxylic acids is 1. The number of rotatable bonds is 0. The average molecular weight is 201 g/mol. The number of hydrogen-bond donors (Lipinski definition) is 1. The minimum atomic E-state index is -1.08. The SMILES string of the molecule is C1CCNCC1.CC(=O)[O-].O.[K+]. The van der Waals surface area contributed by atoms with Crippen LogP contribution in [-0.2, 0) is 4.79 Å². The summed E-state index contributed by atoms with van der Waals surface area (Å²) in [5.41, 5.74) is 0. The molecule has 1 fully saturated rings. The third kappa shape index (κ3) is 22.5. The van der Waals surface area contributed by atoms with Crippen molar-refractivity contribution in [3.8, 4) is 0 Å². The van der Waals surface area contributed by atoms with Crippen LogP contribution in [0.3, 0.4) is 0 Å². The fraction of sp³-hybridized carbons (Fsp3) is 0.857. The van der Waals surface area contributed by atoms with Crippen LogP contribution in [0.4, 0.5) is 0 Å². The standard InChI is InChI=1S/C5H11N.C2H4O2.K.H2O/c1-2-4-6-5-3-1;1-2(3)4;;/h6H,1-5H2;1H3,(H,3,4);;1H2/q;;+1;/p-1. The van der Waals surface area contributed by atoms with Gasteiger partial charge in [0.05, 0.1) is 0 Å². The predicted molar refractivity (Wildman–Crippen MR) is 41.0 cm³/mol. The van der Waals surface area contributed by atoms with E-state index in [0.29, 0.717) is 0 Å². The van der Waals surface area contributed by atoms with Crippen LogP contribution in [0.5, 0.6) is 0 Å². The first-order valence-corrected chi connectivity index (χ1v) is 3.62. The maximum absolute atomic E-state index is 8.89. The van der Waals surface area contributed by atoms with Gasteiger partial charge in [0.25, 0.3) is 0 Å². The van der Waals surface area contributed by atoms with Crippen LogP contribution in [0.25, 0.3) is 0 Å². The molecule has 1 rings (SSSR count). The Labute approximate surface area is 116 Å². The molecule has 1 aliphatic rings. The van der Waals surface area contributed by atoms with E-state index in [9.17, 15) is 0 Å². The van der Waals surface area contributed by atoms with E-state index >= 15 is 0 Å². The summed E-state index contributed by atoms with van der Waals surface area (Å²) in [7, 11) is 0. The predicted octanol–water partition coefficient (Wildman–Crippen LogP) is -4.30. The van der Waals surface area contributed by atoms with Gasteiger partial charge in [-0.3, -0.25) is 0 Å². The van der Waals surface area contributed by atoms with E-state index in [0.717, 1.165) is 6.92 Å². The Morgan fingerprint density at radius 1 is 1.25 bits per heavy atom. The third-order valence-corrected chi connectivity index (χ3v) is 1.21. The monoisotopic (exact) mass is 201 g/mol. The van der Waals surface area contributed by atoms with Gasteiger partial charge < -0.3 is 20.7 Å². The topological polar surface area (TPSA) is 83.7 Å². The molecule has 0 aromatic rings. The largest absolute Gasteiger partial charge is 1.00 e. The number of carboxylic acid groups (broad SMARTS) is 1. The summed E-state index contributed by atoms with van der Waals surface area (Å²) in [4.78, 5) is 8.89. The molecule has 12 heavy (non-hydrogen) atoms. The van der Waals surface area contributed by atoms with Crippen molar-refractivity contribution in [2.75, 3.05) is 13.1 Å². The number of aliphatic carboxylic acids is 1. The molecule has 0 unspecified atom stereocenters. The summed E-state index contributed by atoms with van der Waals surface area (Å²) >= 11 is 0.